The number of hydrogen-bond acceptors (Lipinski definition) is 6. The van der Waals surface area contributed by atoms with E-state index in [9.17, 15) is 14.4 Å². The lowest BCUT2D eigenvalue weighted by molar-refractivity contribution is -0.148. The first-order valence-corrected chi connectivity index (χ1v) is 5.38. The molecule has 8 heteroatoms. The summed E-state index contributed by atoms with van der Waals surface area (Å²) in [5, 5.41) is 11.0. The zero-order valence-corrected chi connectivity index (χ0v) is 10.2. The van der Waals surface area contributed by atoms with Crippen LogP contribution in [-0.4, -0.2) is 55.9 Å². The number of carbonyl (C=O) groups is 3. The Morgan fingerprint density at radius 3 is 2.50 bits per heavy atom. The number of amides is 1. The number of rotatable bonds is 9. The van der Waals surface area contributed by atoms with Crippen LogP contribution >= 0.6 is 0 Å². The fourth-order valence-corrected chi connectivity index (χ4v) is 1.07. The Morgan fingerprint density at radius 2 is 2.00 bits per heavy atom. The van der Waals surface area contributed by atoms with Crippen LogP contribution in [0, 0.1) is 0 Å². The Balaban J connectivity index is 4.04. The maximum atomic E-state index is 11.4. The van der Waals surface area contributed by atoms with Gasteiger partial charge in [-0.3, -0.25) is 9.59 Å². The maximum Gasteiger partial charge on any atom is 0.326 e. The van der Waals surface area contributed by atoms with E-state index in [1.165, 1.54) is 0 Å². The van der Waals surface area contributed by atoms with Gasteiger partial charge in [0.2, 0.25) is 5.91 Å². The van der Waals surface area contributed by atoms with Crippen molar-refractivity contribution in [3.63, 3.8) is 0 Å². The van der Waals surface area contributed by atoms with Crippen LogP contribution in [0.4, 0.5) is 0 Å². The number of ether oxygens (including phenoxy) is 2. The number of aliphatic carboxylic acids is 1. The van der Waals surface area contributed by atoms with Gasteiger partial charge in [-0.2, -0.15) is 0 Å². The molecule has 0 spiro atoms. The molecule has 4 N–H and O–H groups in total. The van der Waals surface area contributed by atoms with Gasteiger partial charge in [0.05, 0.1) is 26.7 Å². The van der Waals surface area contributed by atoms with E-state index >= 15 is 0 Å². The Kier molecular flexibility index (Phi) is 8.50. The lowest BCUT2D eigenvalue weighted by atomic mass is 10.2. The van der Waals surface area contributed by atoms with E-state index in [4.69, 9.17) is 15.6 Å². The predicted octanol–water partition coefficient (Wildman–Crippen LogP) is -1.52. The highest BCUT2D eigenvalue weighted by Crippen LogP contribution is 1.96. The van der Waals surface area contributed by atoms with E-state index < -0.39 is 30.3 Å². The molecule has 0 heterocycles. The van der Waals surface area contributed by atoms with E-state index in [1.54, 1.807) is 0 Å². The molecule has 8 nitrogen and oxygen atoms in total. The minimum absolute atomic E-state index is 0.00491. The van der Waals surface area contributed by atoms with Crippen LogP contribution in [0.3, 0.4) is 0 Å². The summed E-state index contributed by atoms with van der Waals surface area (Å²) in [5.41, 5.74) is 5.18. The normalized spacial score (nSPS) is 11.7. The van der Waals surface area contributed by atoms with Crippen LogP contribution in [0.2, 0.25) is 0 Å². The molecule has 104 valence electrons. The minimum Gasteiger partial charge on any atom is -0.480 e. The molecule has 0 aliphatic carbocycles. The first-order chi connectivity index (χ1) is 8.51. The SMILES string of the molecule is COC(=O)C[C@H](NC(=O)CCOCCN)C(=O)O. The average Bonchev–Trinajstić information content (AvgIpc) is 2.33. The largest absolute Gasteiger partial charge is 0.480 e. The Labute approximate surface area is 104 Å². The smallest absolute Gasteiger partial charge is 0.326 e. The van der Waals surface area contributed by atoms with Gasteiger partial charge < -0.3 is 25.6 Å². The molecule has 0 saturated heterocycles. The van der Waals surface area contributed by atoms with Crippen molar-refractivity contribution in [3.8, 4) is 0 Å². The second kappa shape index (κ2) is 9.37. The molecule has 0 saturated carbocycles. The van der Waals surface area contributed by atoms with Gasteiger partial charge in [0.15, 0.2) is 0 Å². The summed E-state index contributed by atoms with van der Waals surface area (Å²) in [6.07, 6.45) is -0.411. The molecule has 0 aromatic heterocycles. The fourth-order valence-electron chi connectivity index (χ4n) is 1.07. The number of carboxylic acids is 1. The molecular formula is C10H18N2O6. The minimum atomic E-state index is -1.29. The summed E-state index contributed by atoms with van der Waals surface area (Å²) in [7, 11) is 1.14. The Morgan fingerprint density at radius 1 is 1.33 bits per heavy atom. The number of nitrogens with two attached hydrogens (primary N) is 1. The van der Waals surface area contributed by atoms with E-state index in [-0.39, 0.29) is 13.0 Å². The van der Waals surface area contributed by atoms with Crippen LogP contribution in [0.5, 0.6) is 0 Å². The molecule has 0 unspecified atom stereocenters. The lowest BCUT2D eigenvalue weighted by Gasteiger charge is -2.13. The summed E-state index contributed by atoms with van der Waals surface area (Å²) in [5.74, 6) is -2.51. The number of carbonyl (C=O) groups excluding carboxylic acids is 2. The molecule has 0 bridgehead atoms. The van der Waals surface area contributed by atoms with Gasteiger partial charge in [-0.25, -0.2) is 4.79 Å². The third-order valence-corrected chi connectivity index (χ3v) is 1.97. The molecule has 0 aromatic rings. The number of carboxylic acid groups (broad SMARTS) is 1. The fraction of sp³-hybridized carbons (Fsp3) is 0.700. The molecule has 1 amide bonds. The second-order valence-corrected chi connectivity index (χ2v) is 3.39. The summed E-state index contributed by atoms with van der Waals surface area (Å²) in [6.45, 7) is 0.826. The van der Waals surface area contributed by atoms with Crippen LogP contribution in [0.1, 0.15) is 12.8 Å². The van der Waals surface area contributed by atoms with Gasteiger partial charge in [0, 0.05) is 13.0 Å². The van der Waals surface area contributed by atoms with Crippen LogP contribution in [0.25, 0.3) is 0 Å². The zero-order chi connectivity index (χ0) is 14.0. The standard InChI is InChI=1S/C10H18N2O6/c1-17-9(14)6-7(10(15)16)12-8(13)2-4-18-5-3-11/h7H,2-6,11H2,1H3,(H,12,13)(H,15,16)/t7-/m0/s1. The highest BCUT2D eigenvalue weighted by atomic mass is 16.5. The van der Waals surface area contributed by atoms with Crippen molar-refractivity contribution in [1.82, 2.24) is 5.32 Å². The summed E-state index contributed by atoms with van der Waals surface area (Å²) in [4.78, 5) is 33.1. The molecule has 0 radical (unpaired) electrons. The highest BCUT2D eigenvalue weighted by molar-refractivity contribution is 5.87. The summed E-state index contributed by atoms with van der Waals surface area (Å²) in [6, 6.07) is -1.29. The van der Waals surface area contributed by atoms with E-state index in [2.05, 4.69) is 10.1 Å². The molecular weight excluding hydrogens is 244 g/mol. The van der Waals surface area contributed by atoms with Gasteiger partial charge in [-0.1, -0.05) is 0 Å². The molecule has 18 heavy (non-hydrogen) atoms. The first kappa shape index (κ1) is 16.3. The zero-order valence-electron chi connectivity index (χ0n) is 10.2. The second-order valence-electron chi connectivity index (χ2n) is 3.39. The number of hydrogen-bond donors (Lipinski definition) is 3. The van der Waals surface area contributed by atoms with Crippen LogP contribution in [-0.2, 0) is 23.9 Å². The molecule has 0 rings (SSSR count). The van der Waals surface area contributed by atoms with E-state index in [0.29, 0.717) is 13.2 Å². The van der Waals surface area contributed by atoms with Crippen LogP contribution < -0.4 is 11.1 Å². The van der Waals surface area contributed by atoms with Crippen molar-refractivity contribution < 1.29 is 29.0 Å². The predicted molar refractivity (Wildman–Crippen MR) is 60.7 cm³/mol. The van der Waals surface area contributed by atoms with Crippen molar-refractivity contribution in [2.45, 2.75) is 18.9 Å². The summed E-state index contributed by atoms with van der Waals surface area (Å²) < 4.78 is 9.31. The molecule has 0 aromatic carbocycles. The number of methoxy groups -OCH3 is 1. The molecule has 0 fully saturated rings. The summed E-state index contributed by atoms with van der Waals surface area (Å²) >= 11 is 0. The number of nitrogens with one attached hydrogen (secondary N) is 1. The van der Waals surface area contributed by atoms with Crippen molar-refractivity contribution >= 4 is 17.8 Å². The topological polar surface area (TPSA) is 128 Å². The van der Waals surface area contributed by atoms with Gasteiger partial charge in [0.25, 0.3) is 0 Å². The van der Waals surface area contributed by atoms with Gasteiger partial charge in [-0.05, 0) is 0 Å². The van der Waals surface area contributed by atoms with Crippen molar-refractivity contribution in [3.05, 3.63) is 0 Å². The molecule has 1 atom stereocenters. The third kappa shape index (κ3) is 7.58. The lowest BCUT2D eigenvalue weighted by Crippen LogP contribution is -2.42. The first-order valence-electron chi connectivity index (χ1n) is 5.38. The maximum absolute atomic E-state index is 11.4. The van der Waals surface area contributed by atoms with E-state index in [0.717, 1.165) is 7.11 Å². The molecule has 0 aliphatic heterocycles. The monoisotopic (exact) mass is 262 g/mol. The average molecular weight is 262 g/mol. The quantitative estimate of drug-likeness (QED) is 0.340. The van der Waals surface area contributed by atoms with Gasteiger partial charge in [0.1, 0.15) is 6.04 Å². The van der Waals surface area contributed by atoms with Crippen molar-refractivity contribution in [1.29, 1.82) is 0 Å². The van der Waals surface area contributed by atoms with Gasteiger partial charge >= 0.3 is 11.9 Å². The molecule has 0 aliphatic rings. The van der Waals surface area contributed by atoms with Crippen molar-refractivity contribution in [2.24, 2.45) is 5.73 Å². The van der Waals surface area contributed by atoms with E-state index in [1.807, 2.05) is 0 Å². The van der Waals surface area contributed by atoms with Crippen LogP contribution in [0.15, 0.2) is 0 Å². The van der Waals surface area contributed by atoms with Crippen molar-refractivity contribution in [2.75, 3.05) is 26.9 Å². The highest BCUT2D eigenvalue weighted by Gasteiger charge is 2.23. The van der Waals surface area contributed by atoms with Gasteiger partial charge in [-0.15, -0.1) is 0 Å². The Bertz CT molecular complexity index is 294. The number of esters is 1. The third-order valence-electron chi connectivity index (χ3n) is 1.97. The Hall–Kier alpha value is -1.67.